The van der Waals surface area contributed by atoms with Crippen molar-refractivity contribution in [3.63, 3.8) is 0 Å². The molecule has 1 aliphatic heterocycles. The van der Waals surface area contributed by atoms with Crippen molar-refractivity contribution in [1.29, 1.82) is 0 Å². The minimum absolute atomic E-state index is 0.204. The van der Waals surface area contributed by atoms with Crippen LogP contribution in [0.4, 0.5) is 0 Å². The fraction of sp³-hybridized carbons (Fsp3) is 0.303. The molecule has 208 valence electrons. The SMILES string of the molecule is COc1ccc(CCNC(=O)c2ccc(CN3CCN(C(c4ccccc4)c4ccccc4)CC3)o2)cc1OC. The number of amides is 1. The molecule has 5 rings (SSSR count). The summed E-state index contributed by atoms with van der Waals surface area (Å²) in [6, 6.07) is 31.1. The van der Waals surface area contributed by atoms with E-state index in [0.29, 0.717) is 36.8 Å². The molecule has 4 aromatic rings. The van der Waals surface area contributed by atoms with Crippen LogP contribution in [0.1, 0.15) is 39.0 Å². The molecule has 0 saturated carbocycles. The molecule has 0 radical (unpaired) electrons. The Hall–Kier alpha value is -4.07. The summed E-state index contributed by atoms with van der Waals surface area (Å²) in [6.07, 6.45) is 0.677. The van der Waals surface area contributed by atoms with E-state index in [1.165, 1.54) is 11.1 Å². The Kier molecular flexibility index (Phi) is 9.16. The van der Waals surface area contributed by atoms with Gasteiger partial charge in [0.2, 0.25) is 0 Å². The second kappa shape index (κ2) is 13.3. The first-order chi connectivity index (χ1) is 19.6. The van der Waals surface area contributed by atoms with E-state index in [2.05, 4.69) is 75.8 Å². The molecule has 0 spiro atoms. The summed E-state index contributed by atoms with van der Waals surface area (Å²) in [7, 11) is 3.23. The van der Waals surface area contributed by atoms with Gasteiger partial charge in [-0.2, -0.15) is 0 Å². The molecule has 1 amide bonds. The molecule has 2 heterocycles. The summed E-state index contributed by atoms with van der Waals surface area (Å²) in [5.41, 5.74) is 3.68. The Bertz CT molecular complexity index is 1330. The number of rotatable bonds is 11. The van der Waals surface area contributed by atoms with Crippen molar-refractivity contribution in [2.75, 3.05) is 46.9 Å². The van der Waals surface area contributed by atoms with Crippen LogP contribution in [0.15, 0.2) is 95.4 Å². The van der Waals surface area contributed by atoms with Crippen LogP contribution in [-0.2, 0) is 13.0 Å². The number of furan rings is 1. The lowest BCUT2D eigenvalue weighted by atomic mass is 9.96. The number of nitrogens with zero attached hydrogens (tertiary/aromatic N) is 2. The van der Waals surface area contributed by atoms with Crippen LogP contribution in [0.5, 0.6) is 11.5 Å². The van der Waals surface area contributed by atoms with Gasteiger partial charge in [0.05, 0.1) is 26.8 Å². The van der Waals surface area contributed by atoms with E-state index in [1.807, 2.05) is 24.3 Å². The average molecular weight is 540 g/mol. The van der Waals surface area contributed by atoms with E-state index in [4.69, 9.17) is 13.9 Å². The van der Waals surface area contributed by atoms with Crippen molar-refractivity contribution in [3.8, 4) is 11.5 Å². The van der Waals surface area contributed by atoms with Crippen molar-refractivity contribution in [2.24, 2.45) is 0 Å². The van der Waals surface area contributed by atoms with Gasteiger partial charge < -0.3 is 19.2 Å². The number of methoxy groups -OCH3 is 2. The highest BCUT2D eigenvalue weighted by molar-refractivity contribution is 5.91. The smallest absolute Gasteiger partial charge is 0.287 e. The third-order valence-corrected chi connectivity index (χ3v) is 7.41. The molecule has 1 aliphatic rings. The molecule has 0 bridgehead atoms. The fourth-order valence-electron chi connectivity index (χ4n) is 5.31. The van der Waals surface area contributed by atoms with Crippen molar-refractivity contribution in [2.45, 2.75) is 19.0 Å². The number of benzene rings is 3. The summed E-state index contributed by atoms with van der Waals surface area (Å²) in [5, 5.41) is 2.95. The summed E-state index contributed by atoms with van der Waals surface area (Å²) >= 11 is 0. The lowest BCUT2D eigenvalue weighted by Crippen LogP contribution is -2.47. The van der Waals surface area contributed by atoms with Gasteiger partial charge in [-0.15, -0.1) is 0 Å². The zero-order valence-electron chi connectivity index (χ0n) is 23.2. The number of carbonyl (C=O) groups excluding carboxylic acids is 1. The number of nitrogens with one attached hydrogen (secondary N) is 1. The summed E-state index contributed by atoms with van der Waals surface area (Å²) in [6.45, 7) is 4.97. The third-order valence-electron chi connectivity index (χ3n) is 7.41. The lowest BCUT2D eigenvalue weighted by Gasteiger charge is -2.39. The maximum atomic E-state index is 12.7. The molecule has 0 unspecified atom stereocenters. The summed E-state index contributed by atoms with van der Waals surface area (Å²) < 4.78 is 16.6. The highest BCUT2D eigenvalue weighted by Gasteiger charge is 2.26. The molecule has 0 atom stereocenters. The molecule has 1 saturated heterocycles. The number of carbonyl (C=O) groups is 1. The number of piperazine rings is 1. The predicted molar refractivity (Wildman–Crippen MR) is 156 cm³/mol. The number of hydrogen-bond acceptors (Lipinski definition) is 6. The van der Waals surface area contributed by atoms with Crippen LogP contribution in [0.25, 0.3) is 0 Å². The quantitative estimate of drug-likeness (QED) is 0.284. The Labute approximate surface area is 236 Å². The van der Waals surface area contributed by atoms with Gasteiger partial charge in [0.15, 0.2) is 17.3 Å². The van der Waals surface area contributed by atoms with Gasteiger partial charge in [0.1, 0.15) is 5.76 Å². The third kappa shape index (κ3) is 6.73. The monoisotopic (exact) mass is 539 g/mol. The summed E-state index contributed by atoms with van der Waals surface area (Å²) in [4.78, 5) is 17.6. The van der Waals surface area contributed by atoms with Crippen molar-refractivity contribution in [3.05, 3.63) is 119 Å². The Morgan fingerprint density at radius 2 is 1.48 bits per heavy atom. The van der Waals surface area contributed by atoms with E-state index in [0.717, 1.165) is 37.5 Å². The van der Waals surface area contributed by atoms with Gasteiger partial charge in [-0.25, -0.2) is 0 Å². The molecule has 1 N–H and O–H groups in total. The minimum Gasteiger partial charge on any atom is -0.493 e. The zero-order chi connectivity index (χ0) is 27.7. The molecule has 0 aliphatic carbocycles. The molecule has 7 heteroatoms. The normalized spacial score (nSPS) is 14.3. The topological polar surface area (TPSA) is 67.2 Å². The van der Waals surface area contributed by atoms with Crippen LogP contribution in [0.3, 0.4) is 0 Å². The molecule has 40 heavy (non-hydrogen) atoms. The standard InChI is InChI=1S/C33H37N3O4/c1-38-29-15-13-25(23-31(29)39-2)17-18-34-33(37)30-16-14-28(40-30)24-35-19-21-36(22-20-35)32(26-9-5-3-6-10-26)27-11-7-4-8-12-27/h3-16,23,32H,17-22,24H2,1-2H3,(H,34,37). The molecular formula is C33H37N3O4. The Morgan fingerprint density at radius 1 is 0.825 bits per heavy atom. The van der Waals surface area contributed by atoms with E-state index in [1.54, 1.807) is 20.3 Å². The molecular weight excluding hydrogens is 502 g/mol. The molecule has 1 aromatic heterocycles. The lowest BCUT2D eigenvalue weighted by molar-refractivity contribution is 0.0903. The van der Waals surface area contributed by atoms with Crippen molar-refractivity contribution >= 4 is 5.91 Å². The minimum atomic E-state index is -0.204. The van der Waals surface area contributed by atoms with E-state index < -0.39 is 0 Å². The molecule has 1 fully saturated rings. The highest BCUT2D eigenvalue weighted by Crippen LogP contribution is 2.30. The maximum absolute atomic E-state index is 12.7. The van der Waals surface area contributed by atoms with Crippen LogP contribution in [0, 0.1) is 0 Å². The first-order valence-electron chi connectivity index (χ1n) is 13.8. The van der Waals surface area contributed by atoms with Gasteiger partial charge in [-0.1, -0.05) is 66.7 Å². The van der Waals surface area contributed by atoms with E-state index in [9.17, 15) is 4.79 Å². The first kappa shape index (κ1) is 27.5. The van der Waals surface area contributed by atoms with E-state index >= 15 is 0 Å². The summed E-state index contributed by atoms with van der Waals surface area (Å²) in [5.74, 6) is 2.31. The number of hydrogen-bond donors (Lipinski definition) is 1. The van der Waals surface area contributed by atoms with Crippen LogP contribution >= 0.6 is 0 Å². The zero-order valence-corrected chi connectivity index (χ0v) is 23.2. The largest absolute Gasteiger partial charge is 0.493 e. The van der Waals surface area contributed by atoms with Crippen LogP contribution in [-0.4, -0.2) is 62.7 Å². The highest BCUT2D eigenvalue weighted by atomic mass is 16.5. The second-order valence-electron chi connectivity index (χ2n) is 10.00. The first-order valence-corrected chi connectivity index (χ1v) is 13.8. The van der Waals surface area contributed by atoms with Gasteiger partial charge in [-0.05, 0) is 47.4 Å². The van der Waals surface area contributed by atoms with Gasteiger partial charge in [-0.3, -0.25) is 14.6 Å². The van der Waals surface area contributed by atoms with Crippen molar-refractivity contribution < 1.29 is 18.7 Å². The Balaban J connectivity index is 1.12. The van der Waals surface area contributed by atoms with Gasteiger partial charge >= 0.3 is 0 Å². The van der Waals surface area contributed by atoms with Crippen molar-refractivity contribution in [1.82, 2.24) is 15.1 Å². The fourth-order valence-corrected chi connectivity index (χ4v) is 5.31. The predicted octanol–water partition coefficient (Wildman–Crippen LogP) is 5.18. The molecule has 7 nitrogen and oxygen atoms in total. The van der Waals surface area contributed by atoms with Crippen LogP contribution in [0.2, 0.25) is 0 Å². The molecule has 3 aromatic carbocycles. The van der Waals surface area contributed by atoms with Gasteiger partial charge in [0, 0.05) is 32.7 Å². The van der Waals surface area contributed by atoms with Gasteiger partial charge in [0.25, 0.3) is 5.91 Å². The average Bonchev–Trinajstić information content (AvgIpc) is 3.48. The van der Waals surface area contributed by atoms with Crippen LogP contribution < -0.4 is 14.8 Å². The maximum Gasteiger partial charge on any atom is 0.287 e. The van der Waals surface area contributed by atoms with E-state index in [-0.39, 0.29) is 11.9 Å². The Morgan fingerprint density at radius 3 is 2.10 bits per heavy atom. The number of ether oxygens (including phenoxy) is 2. The second-order valence-corrected chi connectivity index (χ2v) is 10.00.